The molecule has 1 rings (SSSR count). The zero-order chi connectivity index (χ0) is 11.6. The van der Waals surface area contributed by atoms with Crippen LogP contribution in [-0.2, 0) is 11.3 Å². The average molecular weight is 221 g/mol. The van der Waals surface area contributed by atoms with Crippen LogP contribution in [0.3, 0.4) is 0 Å². The van der Waals surface area contributed by atoms with Crippen LogP contribution in [0.5, 0.6) is 0 Å². The summed E-state index contributed by atoms with van der Waals surface area (Å²) in [4.78, 5) is 0. The van der Waals surface area contributed by atoms with Crippen molar-refractivity contribution < 1.29 is 4.74 Å². The van der Waals surface area contributed by atoms with Gasteiger partial charge in [-0.3, -0.25) is 0 Å². The summed E-state index contributed by atoms with van der Waals surface area (Å²) in [5, 5.41) is 3.37. The van der Waals surface area contributed by atoms with Crippen molar-refractivity contribution in [3.05, 3.63) is 35.9 Å². The van der Waals surface area contributed by atoms with Crippen molar-refractivity contribution in [3.8, 4) is 0 Å². The molecule has 1 atom stereocenters. The van der Waals surface area contributed by atoms with Gasteiger partial charge in [0.15, 0.2) is 0 Å². The third-order valence-electron chi connectivity index (χ3n) is 2.55. The highest BCUT2D eigenvalue weighted by Gasteiger charge is 1.99. The Morgan fingerprint density at radius 3 is 2.69 bits per heavy atom. The molecule has 1 aromatic rings. The SMILES string of the molecule is CCCC(C)OCCNCc1ccccc1. The molecular weight excluding hydrogens is 198 g/mol. The number of hydrogen-bond donors (Lipinski definition) is 1. The maximum absolute atomic E-state index is 5.66. The second-order valence-electron chi connectivity index (χ2n) is 4.13. The van der Waals surface area contributed by atoms with E-state index < -0.39 is 0 Å². The maximum atomic E-state index is 5.66. The molecule has 0 radical (unpaired) electrons. The average Bonchev–Trinajstić information content (AvgIpc) is 2.30. The first kappa shape index (κ1) is 13.2. The van der Waals surface area contributed by atoms with E-state index in [1.54, 1.807) is 0 Å². The summed E-state index contributed by atoms with van der Waals surface area (Å²) in [7, 11) is 0. The fourth-order valence-corrected chi connectivity index (χ4v) is 1.65. The molecule has 0 amide bonds. The molecule has 0 fully saturated rings. The summed E-state index contributed by atoms with van der Waals surface area (Å²) >= 11 is 0. The van der Waals surface area contributed by atoms with Crippen LogP contribution in [0.2, 0.25) is 0 Å². The lowest BCUT2D eigenvalue weighted by Crippen LogP contribution is -2.21. The second kappa shape index (κ2) is 8.31. The Balaban J connectivity index is 2.00. The Morgan fingerprint density at radius 1 is 1.25 bits per heavy atom. The van der Waals surface area contributed by atoms with Crippen molar-refractivity contribution in [1.29, 1.82) is 0 Å². The molecule has 2 nitrogen and oxygen atoms in total. The zero-order valence-electron chi connectivity index (χ0n) is 10.4. The van der Waals surface area contributed by atoms with E-state index >= 15 is 0 Å². The van der Waals surface area contributed by atoms with Crippen molar-refractivity contribution in [2.24, 2.45) is 0 Å². The van der Waals surface area contributed by atoms with Crippen LogP contribution in [0, 0.1) is 0 Å². The van der Waals surface area contributed by atoms with Crippen molar-refractivity contribution in [2.45, 2.75) is 39.3 Å². The first-order valence-electron chi connectivity index (χ1n) is 6.19. The van der Waals surface area contributed by atoms with Crippen molar-refractivity contribution in [1.82, 2.24) is 5.32 Å². The first-order valence-corrected chi connectivity index (χ1v) is 6.19. The van der Waals surface area contributed by atoms with Gasteiger partial charge in [-0.05, 0) is 18.9 Å². The summed E-state index contributed by atoms with van der Waals surface area (Å²) in [5.41, 5.74) is 1.32. The zero-order valence-corrected chi connectivity index (χ0v) is 10.4. The molecule has 1 N–H and O–H groups in total. The van der Waals surface area contributed by atoms with Crippen molar-refractivity contribution in [3.63, 3.8) is 0 Å². The van der Waals surface area contributed by atoms with E-state index in [2.05, 4.69) is 43.4 Å². The van der Waals surface area contributed by atoms with Crippen LogP contribution < -0.4 is 5.32 Å². The molecule has 90 valence electrons. The summed E-state index contributed by atoms with van der Waals surface area (Å²) < 4.78 is 5.66. The highest BCUT2D eigenvalue weighted by molar-refractivity contribution is 5.14. The standard InChI is InChI=1S/C14H23NO/c1-3-7-13(2)16-11-10-15-12-14-8-5-4-6-9-14/h4-6,8-9,13,15H,3,7,10-12H2,1-2H3. The molecule has 0 aliphatic rings. The third-order valence-corrected chi connectivity index (χ3v) is 2.55. The lowest BCUT2D eigenvalue weighted by Gasteiger charge is -2.12. The number of ether oxygens (including phenoxy) is 1. The molecule has 16 heavy (non-hydrogen) atoms. The molecule has 0 heterocycles. The summed E-state index contributed by atoms with van der Waals surface area (Å²) in [6.07, 6.45) is 2.74. The summed E-state index contributed by atoms with van der Waals surface area (Å²) in [6, 6.07) is 10.4. The van der Waals surface area contributed by atoms with E-state index in [0.717, 1.165) is 26.1 Å². The van der Waals surface area contributed by atoms with E-state index in [1.807, 2.05) is 6.07 Å². The highest BCUT2D eigenvalue weighted by Crippen LogP contribution is 2.00. The molecule has 0 aliphatic carbocycles. The lowest BCUT2D eigenvalue weighted by molar-refractivity contribution is 0.0617. The Hall–Kier alpha value is -0.860. The van der Waals surface area contributed by atoms with E-state index in [9.17, 15) is 0 Å². The van der Waals surface area contributed by atoms with Crippen LogP contribution in [-0.4, -0.2) is 19.3 Å². The number of nitrogens with one attached hydrogen (secondary N) is 1. The molecule has 0 bridgehead atoms. The highest BCUT2D eigenvalue weighted by atomic mass is 16.5. The molecule has 0 saturated carbocycles. The molecule has 2 heteroatoms. The molecule has 1 unspecified atom stereocenters. The number of rotatable bonds is 8. The lowest BCUT2D eigenvalue weighted by atomic mass is 10.2. The molecule has 0 aliphatic heterocycles. The third kappa shape index (κ3) is 5.89. The van der Waals surface area contributed by atoms with Crippen molar-refractivity contribution >= 4 is 0 Å². The van der Waals surface area contributed by atoms with Gasteiger partial charge in [-0.1, -0.05) is 43.7 Å². The summed E-state index contributed by atoms with van der Waals surface area (Å²) in [5.74, 6) is 0. The van der Waals surface area contributed by atoms with E-state index in [-0.39, 0.29) is 0 Å². The van der Waals surface area contributed by atoms with E-state index in [4.69, 9.17) is 4.74 Å². The van der Waals surface area contributed by atoms with Gasteiger partial charge in [-0.2, -0.15) is 0 Å². The van der Waals surface area contributed by atoms with Gasteiger partial charge in [0, 0.05) is 13.1 Å². The van der Waals surface area contributed by atoms with Gasteiger partial charge in [-0.15, -0.1) is 0 Å². The van der Waals surface area contributed by atoms with Gasteiger partial charge in [0.25, 0.3) is 0 Å². The fourth-order valence-electron chi connectivity index (χ4n) is 1.65. The van der Waals surface area contributed by atoms with Gasteiger partial charge in [-0.25, -0.2) is 0 Å². The monoisotopic (exact) mass is 221 g/mol. The van der Waals surface area contributed by atoms with E-state index in [1.165, 1.54) is 12.0 Å². The minimum Gasteiger partial charge on any atom is -0.377 e. The normalized spacial score (nSPS) is 12.6. The Bertz CT molecular complexity index is 261. The van der Waals surface area contributed by atoms with Crippen LogP contribution in [0.25, 0.3) is 0 Å². The van der Waals surface area contributed by atoms with Gasteiger partial charge in [0.05, 0.1) is 12.7 Å². The van der Waals surface area contributed by atoms with Gasteiger partial charge in [0.2, 0.25) is 0 Å². The predicted octanol–water partition coefficient (Wildman–Crippen LogP) is 2.98. The second-order valence-corrected chi connectivity index (χ2v) is 4.13. The first-order chi connectivity index (χ1) is 7.83. The van der Waals surface area contributed by atoms with Gasteiger partial charge >= 0.3 is 0 Å². The van der Waals surface area contributed by atoms with Gasteiger partial charge in [0.1, 0.15) is 0 Å². The molecule has 0 saturated heterocycles. The van der Waals surface area contributed by atoms with Crippen LogP contribution in [0.15, 0.2) is 30.3 Å². The Kier molecular flexibility index (Phi) is 6.86. The molecular formula is C14H23NO. The molecule has 0 aromatic heterocycles. The minimum absolute atomic E-state index is 0.392. The topological polar surface area (TPSA) is 21.3 Å². The quantitative estimate of drug-likeness (QED) is 0.681. The van der Waals surface area contributed by atoms with E-state index in [0.29, 0.717) is 6.10 Å². The van der Waals surface area contributed by atoms with Crippen LogP contribution in [0.1, 0.15) is 32.3 Å². The van der Waals surface area contributed by atoms with Crippen LogP contribution >= 0.6 is 0 Å². The predicted molar refractivity (Wildman–Crippen MR) is 68.5 cm³/mol. The maximum Gasteiger partial charge on any atom is 0.0594 e. The molecule has 0 spiro atoms. The number of hydrogen-bond acceptors (Lipinski definition) is 2. The fraction of sp³-hybridized carbons (Fsp3) is 0.571. The summed E-state index contributed by atoms with van der Waals surface area (Å²) in [6.45, 7) is 6.97. The Labute approximate surface area is 99.0 Å². The largest absolute Gasteiger partial charge is 0.377 e. The van der Waals surface area contributed by atoms with Gasteiger partial charge < -0.3 is 10.1 Å². The van der Waals surface area contributed by atoms with Crippen molar-refractivity contribution in [2.75, 3.05) is 13.2 Å². The molecule has 1 aromatic carbocycles. The van der Waals surface area contributed by atoms with Crippen LogP contribution in [0.4, 0.5) is 0 Å². The smallest absolute Gasteiger partial charge is 0.0594 e. The minimum atomic E-state index is 0.392. The number of benzene rings is 1. The Morgan fingerprint density at radius 2 is 2.00 bits per heavy atom.